The maximum Gasteiger partial charge on any atom is 0.251 e. The molecule has 0 unspecified atom stereocenters. The number of amides is 1. The van der Waals surface area contributed by atoms with Crippen molar-refractivity contribution < 1.29 is 4.79 Å². The van der Waals surface area contributed by atoms with Crippen LogP contribution in [0.2, 0.25) is 5.15 Å². The van der Waals surface area contributed by atoms with Crippen molar-refractivity contribution in [3.63, 3.8) is 0 Å². The van der Waals surface area contributed by atoms with Gasteiger partial charge < -0.3 is 16.0 Å². The molecule has 2 aromatic rings. The molecule has 2 heterocycles. The Bertz CT molecular complexity index is 754. The maximum atomic E-state index is 12.2. The second-order valence-electron chi connectivity index (χ2n) is 5.63. The number of piperazine rings is 1. The van der Waals surface area contributed by atoms with Crippen LogP contribution >= 0.6 is 11.6 Å². The number of rotatable bonds is 2. The Labute approximate surface area is 134 Å². The van der Waals surface area contributed by atoms with E-state index in [2.05, 4.69) is 15.2 Å². The molecular weight excluding hydrogens is 300 g/mol. The Morgan fingerprint density at radius 3 is 2.64 bits per heavy atom. The standard InChI is InChI=1S/C16H19ClN4O/c1-9-3-4-11-12(10(9)2)13(16(18)22)14(15(17)20-11)21-7-5-19-6-8-21/h3-4,19H,5-8H2,1-2H3,(H2,18,22). The van der Waals surface area contributed by atoms with Crippen molar-refractivity contribution in [3.8, 4) is 0 Å². The molecular formula is C16H19ClN4O. The summed E-state index contributed by atoms with van der Waals surface area (Å²) in [6.07, 6.45) is 0. The van der Waals surface area contributed by atoms with Crippen LogP contribution in [0.4, 0.5) is 5.69 Å². The minimum Gasteiger partial charge on any atom is -0.366 e. The second kappa shape index (κ2) is 5.74. The quantitative estimate of drug-likeness (QED) is 0.831. The van der Waals surface area contributed by atoms with Gasteiger partial charge in [0.2, 0.25) is 0 Å². The van der Waals surface area contributed by atoms with Crippen LogP contribution < -0.4 is 16.0 Å². The summed E-state index contributed by atoms with van der Waals surface area (Å²) >= 11 is 6.40. The van der Waals surface area contributed by atoms with E-state index in [-0.39, 0.29) is 0 Å². The first-order chi connectivity index (χ1) is 10.5. The summed E-state index contributed by atoms with van der Waals surface area (Å²) in [5, 5.41) is 4.44. The number of anilines is 1. The Morgan fingerprint density at radius 1 is 1.32 bits per heavy atom. The highest BCUT2D eigenvalue weighted by molar-refractivity contribution is 6.34. The van der Waals surface area contributed by atoms with Crippen molar-refractivity contribution in [1.82, 2.24) is 10.3 Å². The number of carbonyl (C=O) groups is 1. The number of nitrogens with one attached hydrogen (secondary N) is 1. The van der Waals surface area contributed by atoms with Gasteiger partial charge in [0, 0.05) is 31.6 Å². The van der Waals surface area contributed by atoms with Crippen LogP contribution in [0.15, 0.2) is 12.1 Å². The van der Waals surface area contributed by atoms with E-state index in [9.17, 15) is 4.79 Å². The molecule has 6 heteroatoms. The van der Waals surface area contributed by atoms with Crippen LogP contribution in [-0.2, 0) is 0 Å². The number of halogens is 1. The third-order valence-electron chi connectivity index (χ3n) is 4.29. The van der Waals surface area contributed by atoms with Crippen LogP contribution in [0, 0.1) is 13.8 Å². The summed E-state index contributed by atoms with van der Waals surface area (Å²) in [7, 11) is 0. The topological polar surface area (TPSA) is 71.2 Å². The number of pyridine rings is 1. The summed E-state index contributed by atoms with van der Waals surface area (Å²) in [5.74, 6) is -0.462. The molecule has 0 spiro atoms. The maximum absolute atomic E-state index is 12.2. The van der Waals surface area contributed by atoms with E-state index in [0.29, 0.717) is 21.9 Å². The normalized spacial score (nSPS) is 15.3. The highest BCUT2D eigenvalue weighted by Gasteiger charge is 2.25. The SMILES string of the molecule is Cc1ccc2nc(Cl)c(N3CCNCC3)c(C(N)=O)c2c1C. The first kappa shape index (κ1) is 15.1. The fourth-order valence-corrected chi connectivity index (χ4v) is 3.31. The Hall–Kier alpha value is -1.85. The highest BCUT2D eigenvalue weighted by atomic mass is 35.5. The minimum atomic E-state index is -0.462. The summed E-state index contributed by atoms with van der Waals surface area (Å²) in [4.78, 5) is 18.8. The summed E-state index contributed by atoms with van der Waals surface area (Å²) in [6, 6.07) is 3.87. The first-order valence-corrected chi connectivity index (χ1v) is 7.73. The predicted octanol–water partition coefficient (Wildman–Crippen LogP) is 2.01. The summed E-state index contributed by atoms with van der Waals surface area (Å²) in [5.41, 5.74) is 9.69. The number of hydrogen-bond acceptors (Lipinski definition) is 4. The van der Waals surface area contributed by atoms with Gasteiger partial charge in [-0.1, -0.05) is 17.7 Å². The Balaban J connectivity index is 2.35. The molecule has 0 aliphatic carbocycles. The zero-order chi connectivity index (χ0) is 15.9. The molecule has 116 valence electrons. The zero-order valence-corrected chi connectivity index (χ0v) is 13.5. The van der Waals surface area contributed by atoms with Crippen molar-refractivity contribution in [2.75, 3.05) is 31.1 Å². The number of hydrogen-bond donors (Lipinski definition) is 2. The van der Waals surface area contributed by atoms with E-state index < -0.39 is 5.91 Å². The molecule has 1 aliphatic rings. The molecule has 5 nitrogen and oxygen atoms in total. The molecule has 1 aromatic carbocycles. The molecule has 1 fully saturated rings. The minimum absolute atomic E-state index is 0.339. The number of fused-ring (bicyclic) bond motifs is 1. The van der Waals surface area contributed by atoms with Gasteiger partial charge in [0.25, 0.3) is 5.91 Å². The molecule has 0 saturated carbocycles. The fourth-order valence-electron chi connectivity index (χ4n) is 3.01. The summed E-state index contributed by atoms with van der Waals surface area (Å²) in [6.45, 7) is 7.24. The number of aromatic nitrogens is 1. The lowest BCUT2D eigenvalue weighted by molar-refractivity contribution is 0.100. The van der Waals surface area contributed by atoms with E-state index in [1.54, 1.807) is 0 Å². The second-order valence-corrected chi connectivity index (χ2v) is 5.99. The lowest BCUT2D eigenvalue weighted by atomic mass is 9.98. The largest absolute Gasteiger partial charge is 0.366 e. The molecule has 3 N–H and O–H groups in total. The van der Waals surface area contributed by atoms with E-state index >= 15 is 0 Å². The molecule has 3 rings (SSSR count). The monoisotopic (exact) mass is 318 g/mol. The molecule has 22 heavy (non-hydrogen) atoms. The fraction of sp³-hybridized carbons (Fsp3) is 0.375. The third kappa shape index (κ3) is 2.40. The van der Waals surface area contributed by atoms with Crippen LogP contribution in [-0.4, -0.2) is 37.1 Å². The number of primary amides is 1. The van der Waals surface area contributed by atoms with Crippen molar-refractivity contribution in [1.29, 1.82) is 0 Å². The highest BCUT2D eigenvalue weighted by Crippen LogP contribution is 2.36. The van der Waals surface area contributed by atoms with Crippen LogP contribution in [0.3, 0.4) is 0 Å². The third-order valence-corrected chi connectivity index (χ3v) is 4.56. The van der Waals surface area contributed by atoms with Crippen LogP contribution in [0.25, 0.3) is 10.9 Å². The average Bonchev–Trinajstić information content (AvgIpc) is 2.50. The van der Waals surface area contributed by atoms with Crippen LogP contribution in [0.5, 0.6) is 0 Å². The van der Waals surface area contributed by atoms with Gasteiger partial charge in [-0.3, -0.25) is 4.79 Å². The van der Waals surface area contributed by atoms with E-state index in [1.165, 1.54) is 0 Å². The van der Waals surface area contributed by atoms with Crippen molar-refractivity contribution >= 4 is 34.1 Å². The predicted molar refractivity (Wildman–Crippen MR) is 89.8 cm³/mol. The van der Waals surface area contributed by atoms with Gasteiger partial charge in [0.05, 0.1) is 16.8 Å². The molecule has 1 aliphatic heterocycles. The number of benzene rings is 1. The van der Waals surface area contributed by atoms with Gasteiger partial charge in [-0.2, -0.15) is 0 Å². The Morgan fingerprint density at radius 2 is 2.00 bits per heavy atom. The number of nitrogens with two attached hydrogens (primary N) is 1. The van der Waals surface area contributed by atoms with Crippen molar-refractivity contribution in [3.05, 3.63) is 34.0 Å². The molecule has 0 atom stereocenters. The number of carbonyl (C=O) groups excluding carboxylic acids is 1. The summed E-state index contributed by atoms with van der Waals surface area (Å²) < 4.78 is 0. The lowest BCUT2D eigenvalue weighted by Crippen LogP contribution is -2.44. The molecule has 1 saturated heterocycles. The van der Waals surface area contributed by atoms with Crippen molar-refractivity contribution in [2.45, 2.75) is 13.8 Å². The Kier molecular flexibility index (Phi) is 3.93. The molecule has 1 aromatic heterocycles. The smallest absolute Gasteiger partial charge is 0.251 e. The number of aryl methyl sites for hydroxylation is 2. The van der Waals surface area contributed by atoms with Gasteiger partial charge in [-0.25, -0.2) is 4.98 Å². The van der Waals surface area contributed by atoms with Crippen LogP contribution in [0.1, 0.15) is 21.5 Å². The van der Waals surface area contributed by atoms with Gasteiger partial charge >= 0.3 is 0 Å². The van der Waals surface area contributed by atoms with Gasteiger partial charge in [0.15, 0.2) is 5.15 Å². The van der Waals surface area contributed by atoms with Crippen molar-refractivity contribution in [2.24, 2.45) is 5.73 Å². The molecule has 0 radical (unpaired) electrons. The van der Waals surface area contributed by atoms with Gasteiger partial charge in [0.1, 0.15) is 0 Å². The first-order valence-electron chi connectivity index (χ1n) is 7.35. The lowest BCUT2D eigenvalue weighted by Gasteiger charge is -2.31. The number of nitrogens with zero attached hydrogens (tertiary/aromatic N) is 2. The molecule has 0 bridgehead atoms. The molecule has 1 amide bonds. The van der Waals surface area contributed by atoms with Gasteiger partial charge in [-0.05, 0) is 31.0 Å². The zero-order valence-electron chi connectivity index (χ0n) is 12.7. The average molecular weight is 319 g/mol. The van der Waals surface area contributed by atoms with Gasteiger partial charge in [-0.15, -0.1) is 0 Å². The van der Waals surface area contributed by atoms with E-state index in [0.717, 1.165) is 42.7 Å². The van der Waals surface area contributed by atoms with E-state index in [1.807, 2.05) is 26.0 Å². The van der Waals surface area contributed by atoms with E-state index in [4.69, 9.17) is 17.3 Å².